The molecule has 1 aliphatic carbocycles. The van der Waals surface area contributed by atoms with Gasteiger partial charge < -0.3 is 11.1 Å². The third-order valence-corrected chi connectivity index (χ3v) is 3.38. The van der Waals surface area contributed by atoms with E-state index in [0.717, 1.165) is 31.4 Å². The molecule has 0 saturated heterocycles. The van der Waals surface area contributed by atoms with Gasteiger partial charge in [0.15, 0.2) is 0 Å². The number of amides is 3. The fourth-order valence-corrected chi connectivity index (χ4v) is 2.16. The van der Waals surface area contributed by atoms with E-state index in [0.29, 0.717) is 11.3 Å². The summed E-state index contributed by atoms with van der Waals surface area (Å²) >= 11 is 0. The molecular weight excluding hydrogens is 284 g/mol. The van der Waals surface area contributed by atoms with Gasteiger partial charge in [0.1, 0.15) is 0 Å². The summed E-state index contributed by atoms with van der Waals surface area (Å²) in [6.45, 7) is 0. The van der Waals surface area contributed by atoms with Gasteiger partial charge in [-0.1, -0.05) is 6.42 Å². The van der Waals surface area contributed by atoms with Crippen LogP contribution in [0.25, 0.3) is 0 Å². The van der Waals surface area contributed by atoms with E-state index >= 15 is 0 Å². The smallest absolute Gasteiger partial charge is 0.329 e. The molecule has 116 valence electrons. The van der Waals surface area contributed by atoms with Crippen LogP contribution in [0.15, 0.2) is 29.4 Å². The molecule has 0 aliphatic heterocycles. The number of rotatable bonds is 3. The zero-order valence-corrected chi connectivity index (χ0v) is 12.1. The van der Waals surface area contributed by atoms with Crippen molar-refractivity contribution < 1.29 is 14.4 Å². The van der Waals surface area contributed by atoms with Crippen molar-refractivity contribution in [2.24, 2.45) is 10.8 Å². The van der Waals surface area contributed by atoms with Crippen molar-refractivity contribution in [1.29, 1.82) is 0 Å². The van der Waals surface area contributed by atoms with Crippen molar-refractivity contribution in [2.45, 2.75) is 32.1 Å². The largest absolute Gasteiger partial charge is 0.366 e. The van der Waals surface area contributed by atoms with Gasteiger partial charge >= 0.3 is 11.8 Å². The molecule has 1 saturated carbocycles. The number of benzene rings is 1. The van der Waals surface area contributed by atoms with E-state index < -0.39 is 17.7 Å². The maximum absolute atomic E-state index is 11.7. The van der Waals surface area contributed by atoms with E-state index in [9.17, 15) is 14.4 Å². The summed E-state index contributed by atoms with van der Waals surface area (Å²) in [6.07, 6.45) is 5.02. The Morgan fingerprint density at radius 1 is 0.955 bits per heavy atom. The number of nitrogens with zero attached hydrogens (tertiary/aromatic N) is 1. The minimum atomic E-state index is -0.822. The van der Waals surface area contributed by atoms with Crippen LogP contribution in [0.4, 0.5) is 5.69 Å². The topological polar surface area (TPSA) is 114 Å². The molecule has 0 aromatic heterocycles. The maximum atomic E-state index is 11.7. The van der Waals surface area contributed by atoms with Crippen molar-refractivity contribution >= 4 is 29.1 Å². The fourth-order valence-electron chi connectivity index (χ4n) is 2.16. The van der Waals surface area contributed by atoms with Crippen molar-refractivity contribution in [3.8, 4) is 0 Å². The molecule has 7 nitrogen and oxygen atoms in total. The van der Waals surface area contributed by atoms with Gasteiger partial charge in [-0.05, 0) is 49.9 Å². The average molecular weight is 302 g/mol. The Morgan fingerprint density at radius 3 is 2.18 bits per heavy atom. The minimum absolute atomic E-state index is 0.325. The van der Waals surface area contributed by atoms with Gasteiger partial charge in [-0.15, -0.1) is 0 Å². The lowest BCUT2D eigenvalue weighted by Gasteiger charge is -2.11. The lowest BCUT2D eigenvalue weighted by Crippen LogP contribution is -2.33. The van der Waals surface area contributed by atoms with Crippen LogP contribution in [-0.4, -0.2) is 23.4 Å². The normalized spacial score (nSPS) is 14.1. The number of hydrazone groups is 1. The quantitative estimate of drug-likeness (QED) is 0.575. The Labute approximate surface area is 127 Å². The summed E-state index contributed by atoms with van der Waals surface area (Å²) in [4.78, 5) is 34.3. The second kappa shape index (κ2) is 7.35. The van der Waals surface area contributed by atoms with Crippen LogP contribution in [0.1, 0.15) is 42.5 Å². The predicted molar refractivity (Wildman–Crippen MR) is 82.3 cm³/mol. The molecule has 0 unspecified atom stereocenters. The molecule has 1 aromatic rings. The molecule has 0 radical (unpaired) electrons. The molecule has 2 rings (SSSR count). The molecule has 0 spiro atoms. The Hall–Kier alpha value is -2.70. The summed E-state index contributed by atoms with van der Waals surface area (Å²) in [7, 11) is 0. The van der Waals surface area contributed by atoms with Crippen LogP contribution >= 0.6 is 0 Å². The third kappa shape index (κ3) is 4.41. The Kier molecular flexibility index (Phi) is 5.24. The van der Waals surface area contributed by atoms with Crippen LogP contribution in [0.5, 0.6) is 0 Å². The predicted octanol–water partition coefficient (Wildman–Crippen LogP) is 1.16. The molecule has 1 aliphatic rings. The van der Waals surface area contributed by atoms with E-state index in [1.54, 1.807) is 0 Å². The van der Waals surface area contributed by atoms with E-state index in [-0.39, 0.29) is 0 Å². The van der Waals surface area contributed by atoms with Crippen molar-refractivity contribution in [1.82, 2.24) is 5.43 Å². The summed E-state index contributed by atoms with van der Waals surface area (Å²) in [6, 6.07) is 5.94. The van der Waals surface area contributed by atoms with Gasteiger partial charge in [0.05, 0.1) is 0 Å². The lowest BCUT2D eigenvalue weighted by molar-refractivity contribution is -0.136. The fraction of sp³-hybridized carbons (Fsp3) is 0.333. The molecule has 0 atom stereocenters. The number of hydrogen-bond acceptors (Lipinski definition) is 4. The third-order valence-electron chi connectivity index (χ3n) is 3.38. The van der Waals surface area contributed by atoms with Gasteiger partial charge in [-0.25, -0.2) is 5.43 Å². The number of nitrogens with two attached hydrogens (primary N) is 1. The SMILES string of the molecule is NC(=O)c1ccc(NC(=O)C(=O)NN=C2CCCCC2)cc1. The van der Waals surface area contributed by atoms with E-state index in [1.807, 2.05) is 0 Å². The van der Waals surface area contributed by atoms with Crippen molar-refractivity contribution in [3.63, 3.8) is 0 Å². The number of anilines is 1. The van der Waals surface area contributed by atoms with Crippen LogP contribution in [-0.2, 0) is 9.59 Å². The van der Waals surface area contributed by atoms with Crippen LogP contribution in [0, 0.1) is 0 Å². The first-order valence-corrected chi connectivity index (χ1v) is 7.13. The van der Waals surface area contributed by atoms with Gasteiger partial charge in [-0.2, -0.15) is 5.10 Å². The van der Waals surface area contributed by atoms with E-state index in [4.69, 9.17) is 5.73 Å². The molecule has 1 aromatic carbocycles. The van der Waals surface area contributed by atoms with Gasteiger partial charge in [0, 0.05) is 17.0 Å². The molecular formula is C15H18N4O3. The molecule has 1 fully saturated rings. The Bertz CT molecular complexity index is 600. The second-order valence-electron chi connectivity index (χ2n) is 5.08. The number of primary amides is 1. The first-order valence-electron chi connectivity index (χ1n) is 7.13. The highest BCUT2D eigenvalue weighted by Crippen LogP contribution is 2.14. The number of carbonyl (C=O) groups is 3. The second-order valence-corrected chi connectivity index (χ2v) is 5.08. The number of hydrogen-bond donors (Lipinski definition) is 3. The molecule has 7 heteroatoms. The summed E-state index contributed by atoms with van der Waals surface area (Å²) in [5, 5.41) is 6.40. The van der Waals surface area contributed by atoms with Gasteiger partial charge in [-0.3, -0.25) is 14.4 Å². The van der Waals surface area contributed by atoms with E-state index in [2.05, 4.69) is 15.8 Å². The van der Waals surface area contributed by atoms with E-state index in [1.165, 1.54) is 30.7 Å². The minimum Gasteiger partial charge on any atom is -0.366 e. The molecule has 4 N–H and O–H groups in total. The highest BCUT2D eigenvalue weighted by Gasteiger charge is 2.14. The average Bonchev–Trinajstić information content (AvgIpc) is 2.54. The highest BCUT2D eigenvalue weighted by molar-refractivity contribution is 6.39. The first kappa shape index (κ1) is 15.7. The molecule has 0 bridgehead atoms. The van der Waals surface area contributed by atoms with Gasteiger partial charge in [0.2, 0.25) is 5.91 Å². The number of carbonyl (C=O) groups excluding carboxylic acids is 3. The molecule has 22 heavy (non-hydrogen) atoms. The molecule has 0 heterocycles. The number of nitrogens with one attached hydrogen (secondary N) is 2. The van der Waals surface area contributed by atoms with Crippen LogP contribution in [0.2, 0.25) is 0 Å². The summed E-state index contributed by atoms with van der Waals surface area (Å²) in [5.41, 5.74) is 9.02. The highest BCUT2D eigenvalue weighted by atomic mass is 16.2. The monoisotopic (exact) mass is 302 g/mol. The standard InChI is InChI=1S/C15H18N4O3/c16-13(20)10-6-8-11(9-7-10)17-14(21)15(22)19-18-12-4-2-1-3-5-12/h6-9H,1-5H2,(H2,16,20)(H,17,21)(H,19,22). The Morgan fingerprint density at radius 2 is 1.59 bits per heavy atom. The summed E-state index contributed by atoms with van der Waals surface area (Å²) in [5.74, 6) is -2.19. The van der Waals surface area contributed by atoms with Gasteiger partial charge in [0.25, 0.3) is 0 Å². The lowest BCUT2D eigenvalue weighted by atomic mass is 9.99. The first-order chi connectivity index (χ1) is 10.6. The van der Waals surface area contributed by atoms with Crippen LogP contribution < -0.4 is 16.5 Å². The van der Waals surface area contributed by atoms with Crippen LogP contribution in [0.3, 0.4) is 0 Å². The zero-order chi connectivity index (χ0) is 15.9. The maximum Gasteiger partial charge on any atom is 0.329 e. The zero-order valence-electron chi connectivity index (χ0n) is 12.1. The van der Waals surface area contributed by atoms with Crippen molar-refractivity contribution in [3.05, 3.63) is 29.8 Å². The molecule has 3 amide bonds. The Balaban J connectivity index is 1.88. The summed E-state index contributed by atoms with van der Waals surface area (Å²) < 4.78 is 0. The van der Waals surface area contributed by atoms with Crippen molar-refractivity contribution in [2.75, 3.05) is 5.32 Å².